The lowest BCUT2D eigenvalue weighted by Crippen LogP contribution is -2.21. The van der Waals surface area contributed by atoms with Gasteiger partial charge in [-0.3, -0.25) is 9.59 Å². The van der Waals surface area contributed by atoms with Gasteiger partial charge in [-0.05, 0) is 42.5 Å². The number of amides is 1. The standard InChI is InChI=1S/C21H17ClN2O4S/c22-15-6-11-19(18(12-15)21(26)14-4-2-1-3-5-14)28-13-20(25)24-16-7-9-17(10-8-16)29(23)27/h1-12H,13,23H2,(H,24,25). The molecule has 0 aromatic heterocycles. The molecule has 148 valence electrons. The maximum absolute atomic E-state index is 12.8. The van der Waals surface area contributed by atoms with Crippen LogP contribution in [0.3, 0.4) is 0 Å². The molecule has 8 heteroatoms. The number of halogens is 1. The van der Waals surface area contributed by atoms with Crippen LogP contribution in [0.1, 0.15) is 15.9 Å². The summed E-state index contributed by atoms with van der Waals surface area (Å²) in [5.74, 6) is -0.416. The third kappa shape index (κ3) is 5.51. The third-order valence-electron chi connectivity index (χ3n) is 3.95. The van der Waals surface area contributed by atoms with Crippen LogP contribution in [0.15, 0.2) is 77.7 Å². The molecule has 0 aliphatic heterocycles. The average Bonchev–Trinajstić information content (AvgIpc) is 2.73. The Morgan fingerprint density at radius 2 is 1.69 bits per heavy atom. The van der Waals surface area contributed by atoms with Crippen molar-refractivity contribution in [3.8, 4) is 5.75 Å². The Morgan fingerprint density at radius 1 is 1.00 bits per heavy atom. The van der Waals surface area contributed by atoms with Gasteiger partial charge in [0.2, 0.25) is 0 Å². The summed E-state index contributed by atoms with van der Waals surface area (Å²) in [6, 6.07) is 19.7. The number of carbonyl (C=O) groups is 2. The minimum absolute atomic E-state index is 0.256. The lowest BCUT2D eigenvalue weighted by atomic mass is 10.0. The fraction of sp³-hybridized carbons (Fsp3) is 0.0476. The van der Waals surface area contributed by atoms with Gasteiger partial charge < -0.3 is 10.1 Å². The molecule has 0 bridgehead atoms. The molecule has 1 atom stereocenters. The van der Waals surface area contributed by atoms with Crippen LogP contribution in [-0.2, 0) is 15.8 Å². The number of ether oxygens (including phenoxy) is 1. The van der Waals surface area contributed by atoms with Crippen molar-refractivity contribution >= 4 is 40.0 Å². The number of hydrogen-bond acceptors (Lipinski definition) is 4. The largest absolute Gasteiger partial charge is 0.483 e. The lowest BCUT2D eigenvalue weighted by Gasteiger charge is -2.12. The predicted molar refractivity (Wildman–Crippen MR) is 112 cm³/mol. The first kappa shape index (κ1) is 20.7. The Balaban J connectivity index is 1.69. The van der Waals surface area contributed by atoms with Crippen LogP contribution in [-0.4, -0.2) is 22.5 Å². The van der Waals surface area contributed by atoms with Crippen molar-refractivity contribution in [3.05, 3.63) is 88.9 Å². The number of ketones is 1. The molecule has 3 N–H and O–H groups in total. The highest BCUT2D eigenvalue weighted by Gasteiger charge is 2.16. The van der Waals surface area contributed by atoms with Crippen molar-refractivity contribution in [1.82, 2.24) is 0 Å². The molecule has 1 unspecified atom stereocenters. The molecule has 0 radical (unpaired) electrons. The quantitative estimate of drug-likeness (QED) is 0.562. The van der Waals surface area contributed by atoms with Gasteiger partial charge in [-0.1, -0.05) is 41.9 Å². The zero-order valence-electron chi connectivity index (χ0n) is 15.1. The fourth-order valence-corrected chi connectivity index (χ4v) is 3.14. The van der Waals surface area contributed by atoms with E-state index < -0.39 is 16.9 Å². The summed E-state index contributed by atoms with van der Waals surface area (Å²) < 4.78 is 16.8. The summed E-state index contributed by atoms with van der Waals surface area (Å²) in [5.41, 5.74) is 1.26. The molecule has 3 aromatic carbocycles. The van der Waals surface area contributed by atoms with Crippen LogP contribution in [0.5, 0.6) is 5.75 Å². The Labute approximate surface area is 175 Å². The zero-order chi connectivity index (χ0) is 20.8. The van der Waals surface area contributed by atoms with Crippen LogP contribution in [0.4, 0.5) is 5.69 Å². The number of rotatable bonds is 7. The van der Waals surface area contributed by atoms with Gasteiger partial charge in [0.1, 0.15) is 16.7 Å². The Kier molecular flexibility index (Phi) is 6.77. The maximum atomic E-state index is 12.8. The first-order valence-corrected chi connectivity index (χ1v) is 10.1. The van der Waals surface area contributed by atoms with E-state index in [1.54, 1.807) is 60.7 Å². The van der Waals surface area contributed by atoms with Crippen molar-refractivity contribution in [3.63, 3.8) is 0 Å². The van der Waals surface area contributed by atoms with E-state index in [1.165, 1.54) is 6.07 Å². The second-order valence-corrected chi connectivity index (χ2v) is 7.50. The number of hydrogen-bond donors (Lipinski definition) is 2. The molecule has 3 aromatic rings. The van der Waals surface area contributed by atoms with Crippen LogP contribution in [0.25, 0.3) is 0 Å². The lowest BCUT2D eigenvalue weighted by molar-refractivity contribution is -0.118. The zero-order valence-corrected chi connectivity index (χ0v) is 16.7. The molecule has 29 heavy (non-hydrogen) atoms. The predicted octanol–water partition coefficient (Wildman–Crippen LogP) is 3.57. The summed E-state index contributed by atoms with van der Waals surface area (Å²) in [6.45, 7) is -0.304. The molecule has 1 amide bonds. The van der Waals surface area contributed by atoms with E-state index in [0.29, 0.717) is 21.2 Å². The highest BCUT2D eigenvalue weighted by molar-refractivity contribution is 7.82. The molecule has 0 heterocycles. The Hall–Kier alpha value is -3.00. The van der Waals surface area contributed by atoms with E-state index in [-0.39, 0.29) is 23.7 Å². The van der Waals surface area contributed by atoms with Crippen molar-refractivity contribution in [1.29, 1.82) is 0 Å². The number of anilines is 1. The molecule has 0 saturated carbocycles. The summed E-state index contributed by atoms with van der Waals surface area (Å²) >= 11 is 6.04. The molecule has 3 rings (SSSR count). The Morgan fingerprint density at radius 3 is 2.34 bits per heavy atom. The molecule has 0 saturated heterocycles. The molecule has 0 fully saturated rings. The minimum Gasteiger partial charge on any atom is -0.483 e. The Bertz CT molecular complexity index is 1060. The second-order valence-electron chi connectivity index (χ2n) is 5.99. The van der Waals surface area contributed by atoms with Crippen LogP contribution in [0.2, 0.25) is 5.02 Å². The molecule has 0 spiro atoms. The third-order valence-corrected chi connectivity index (χ3v) is 4.92. The summed E-state index contributed by atoms with van der Waals surface area (Å²) in [4.78, 5) is 25.4. The first-order valence-electron chi connectivity index (χ1n) is 8.52. The normalized spacial score (nSPS) is 11.5. The fourth-order valence-electron chi connectivity index (χ4n) is 2.56. The van der Waals surface area contributed by atoms with Crippen molar-refractivity contribution in [2.24, 2.45) is 5.14 Å². The van der Waals surface area contributed by atoms with Crippen molar-refractivity contribution in [2.45, 2.75) is 4.90 Å². The molecule has 0 aliphatic rings. The van der Waals surface area contributed by atoms with Gasteiger partial charge >= 0.3 is 0 Å². The van der Waals surface area contributed by atoms with Gasteiger partial charge in [0, 0.05) is 16.3 Å². The van der Waals surface area contributed by atoms with Gasteiger partial charge in [0.15, 0.2) is 12.4 Å². The van der Waals surface area contributed by atoms with Gasteiger partial charge in [-0.15, -0.1) is 0 Å². The van der Waals surface area contributed by atoms with Gasteiger partial charge in [0.05, 0.1) is 10.5 Å². The van der Waals surface area contributed by atoms with Gasteiger partial charge in [0.25, 0.3) is 5.91 Å². The van der Waals surface area contributed by atoms with Crippen LogP contribution < -0.4 is 15.2 Å². The summed E-state index contributed by atoms with van der Waals surface area (Å²) in [7, 11) is -1.58. The molecule has 6 nitrogen and oxygen atoms in total. The number of nitrogens with one attached hydrogen (secondary N) is 1. The van der Waals surface area contributed by atoms with E-state index in [4.69, 9.17) is 21.5 Å². The van der Waals surface area contributed by atoms with Crippen molar-refractivity contribution in [2.75, 3.05) is 11.9 Å². The number of carbonyl (C=O) groups excluding carboxylic acids is 2. The second kappa shape index (κ2) is 9.47. The maximum Gasteiger partial charge on any atom is 0.262 e. The van der Waals surface area contributed by atoms with Gasteiger partial charge in [-0.25, -0.2) is 9.35 Å². The average molecular weight is 429 g/mol. The van der Waals surface area contributed by atoms with Gasteiger partial charge in [-0.2, -0.15) is 0 Å². The first-order chi connectivity index (χ1) is 13.9. The van der Waals surface area contributed by atoms with E-state index in [9.17, 15) is 13.8 Å². The monoisotopic (exact) mass is 428 g/mol. The molecular weight excluding hydrogens is 412 g/mol. The van der Waals surface area contributed by atoms with E-state index in [0.717, 1.165) is 0 Å². The van der Waals surface area contributed by atoms with E-state index >= 15 is 0 Å². The van der Waals surface area contributed by atoms with Crippen LogP contribution >= 0.6 is 11.6 Å². The highest BCUT2D eigenvalue weighted by Crippen LogP contribution is 2.25. The van der Waals surface area contributed by atoms with E-state index in [1.807, 2.05) is 6.07 Å². The van der Waals surface area contributed by atoms with Crippen molar-refractivity contribution < 1.29 is 18.5 Å². The SMILES string of the molecule is NS(=O)c1ccc(NC(=O)COc2ccc(Cl)cc2C(=O)c2ccccc2)cc1. The molecule has 0 aliphatic carbocycles. The van der Waals surface area contributed by atoms with E-state index in [2.05, 4.69) is 5.32 Å². The summed E-state index contributed by atoms with van der Waals surface area (Å²) in [6.07, 6.45) is 0. The highest BCUT2D eigenvalue weighted by atomic mass is 35.5. The topological polar surface area (TPSA) is 98.5 Å². The number of benzene rings is 3. The summed E-state index contributed by atoms with van der Waals surface area (Å²) in [5, 5.41) is 8.34. The smallest absolute Gasteiger partial charge is 0.262 e. The van der Waals surface area contributed by atoms with Crippen LogP contribution in [0, 0.1) is 0 Å². The minimum atomic E-state index is -1.58. The molecular formula is C21H17ClN2O4S. The number of nitrogens with two attached hydrogens (primary N) is 1.